The molecule has 2 aliphatic heterocycles. The minimum absolute atomic E-state index is 0.0248. The highest BCUT2D eigenvalue weighted by molar-refractivity contribution is 5.86. The van der Waals surface area contributed by atoms with Crippen LogP contribution in [0.15, 0.2) is 0 Å². The fourth-order valence-corrected chi connectivity index (χ4v) is 5.84. The van der Waals surface area contributed by atoms with Gasteiger partial charge < -0.3 is 16.0 Å². The van der Waals surface area contributed by atoms with Gasteiger partial charge in [0.05, 0.1) is 5.41 Å². The number of hydrogen-bond donors (Lipinski definition) is 2. The first-order valence-electron chi connectivity index (χ1n) is 9.40. The minimum Gasteiger partial charge on any atom is -0.342 e. The molecular formula is C18H31N3O. The summed E-state index contributed by atoms with van der Waals surface area (Å²) in [6, 6.07) is 0. The highest BCUT2D eigenvalue weighted by atomic mass is 16.2. The van der Waals surface area contributed by atoms with Crippen molar-refractivity contribution in [1.29, 1.82) is 0 Å². The van der Waals surface area contributed by atoms with E-state index in [0.717, 1.165) is 52.0 Å². The SMILES string of the molecule is NCC1CCCC12CCN(C(=O)C13CCCNCC1C3)CC2. The number of likely N-dealkylation sites (tertiary alicyclic amines) is 1. The van der Waals surface area contributed by atoms with E-state index < -0.39 is 0 Å². The molecule has 0 radical (unpaired) electrons. The van der Waals surface area contributed by atoms with Crippen LogP contribution in [0.4, 0.5) is 0 Å². The van der Waals surface area contributed by atoms with Crippen molar-refractivity contribution in [2.75, 3.05) is 32.7 Å². The molecule has 4 heteroatoms. The summed E-state index contributed by atoms with van der Waals surface area (Å²) < 4.78 is 0. The van der Waals surface area contributed by atoms with E-state index in [9.17, 15) is 4.79 Å². The van der Waals surface area contributed by atoms with Gasteiger partial charge in [-0.3, -0.25) is 4.79 Å². The number of hydrogen-bond acceptors (Lipinski definition) is 3. The molecule has 1 amide bonds. The summed E-state index contributed by atoms with van der Waals surface area (Å²) in [6.07, 6.45) is 9.78. The molecule has 3 unspecified atom stereocenters. The molecule has 0 aromatic heterocycles. The zero-order valence-electron chi connectivity index (χ0n) is 13.8. The van der Waals surface area contributed by atoms with E-state index in [1.165, 1.54) is 32.1 Å². The average molecular weight is 305 g/mol. The van der Waals surface area contributed by atoms with Crippen LogP contribution in [0.3, 0.4) is 0 Å². The molecule has 4 nitrogen and oxygen atoms in total. The van der Waals surface area contributed by atoms with E-state index in [1.807, 2.05) is 0 Å². The molecule has 2 aliphatic carbocycles. The molecule has 1 spiro atoms. The third-order valence-corrected chi connectivity index (χ3v) is 7.45. The first-order chi connectivity index (χ1) is 10.7. The van der Waals surface area contributed by atoms with Gasteiger partial charge in [0.1, 0.15) is 0 Å². The molecule has 22 heavy (non-hydrogen) atoms. The van der Waals surface area contributed by atoms with Gasteiger partial charge in [-0.25, -0.2) is 0 Å². The van der Waals surface area contributed by atoms with Gasteiger partial charge in [0.2, 0.25) is 5.91 Å². The first-order valence-corrected chi connectivity index (χ1v) is 9.40. The van der Waals surface area contributed by atoms with E-state index in [0.29, 0.717) is 23.2 Å². The summed E-state index contributed by atoms with van der Waals surface area (Å²) in [5, 5.41) is 3.49. The van der Waals surface area contributed by atoms with Gasteiger partial charge in [-0.05, 0) is 81.8 Å². The van der Waals surface area contributed by atoms with Crippen molar-refractivity contribution >= 4 is 5.91 Å². The number of fused-ring (bicyclic) bond motifs is 1. The first kappa shape index (κ1) is 14.9. The van der Waals surface area contributed by atoms with Crippen LogP contribution < -0.4 is 11.1 Å². The second-order valence-corrected chi connectivity index (χ2v) is 8.34. The van der Waals surface area contributed by atoms with Gasteiger partial charge in [0.25, 0.3) is 0 Å². The van der Waals surface area contributed by atoms with Crippen molar-refractivity contribution < 1.29 is 4.79 Å². The van der Waals surface area contributed by atoms with Crippen LogP contribution in [0.25, 0.3) is 0 Å². The standard InChI is InChI=1S/C18H31N3O/c19-12-14-3-1-4-17(14)6-9-21(10-7-17)16(22)18-5-2-8-20-13-15(18)11-18/h14-15,20H,1-13,19H2. The van der Waals surface area contributed by atoms with Gasteiger partial charge in [-0.2, -0.15) is 0 Å². The fourth-order valence-electron chi connectivity index (χ4n) is 5.84. The smallest absolute Gasteiger partial charge is 0.229 e. The number of nitrogens with one attached hydrogen (secondary N) is 1. The van der Waals surface area contributed by atoms with Gasteiger partial charge in [0.15, 0.2) is 0 Å². The maximum Gasteiger partial charge on any atom is 0.229 e. The lowest BCUT2D eigenvalue weighted by atomic mass is 9.70. The second kappa shape index (κ2) is 5.48. The minimum atomic E-state index is 0.0248. The van der Waals surface area contributed by atoms with Crippen LogP contribution >= 0.6 is 0 Å². The maximum absolute atomic E-state index is 13.1. The highest BCUT2D eigenvalue weighted by Gasteiger charge is 2.61. The van der Waals surface area contributed by atoms with E-state index in [-0.39, 0.29) is 5.41 Å². The number of amides is 1. The predicted octanol–water partition coefficient (Wildman–Crippen LogP) is 1.74. The maximum atomic E-state index is 13.1. The zero-order chi connectivity index (χ0) is 15.2. The lowest BCUT2D eigenvalue weighted by molar-refractivity contribution is -0.140. The number of carbonyl (C=O) groups is 1. The Labute approximate surface area is 134 Å². The number of nitrogens with two attached hydrogens (primary N) is 1. The van der Waals surface area contributed by atoms with Crippen molar-refractivity contribution in [3.63, 3.8) is 0 Å². The quantitative estimate of drug-likeness (QED) is 0.817. The Bertz CT molecular complexity index is 444. The highest BCUT2D eigenvalue weighted by Crippen LogP contribution is 2.58. The molecule has 124 valence electrons. The lowest BCUT2D eigenvalue weighted by Gasteiger charge is -2.44. The van der Waals surface area contributed by atoms with E-state index in [1.54, 1.807) is 0 Å². The monoisotopic (exact) mass is 305 g/mol. The molecule has 3 N–H and O–H groups in total. The fraction of sp³-hybridized carbons (Fsp3) is 0.944. The summed E-state index contributed by atoms with van der Waals surface area (Å²) in [6.45, 7) is 4.95. The van der Waals surface area contributed by atoms with Crippen LogP contribution in [-0.4, -0.2) is 43.5 Å². The molecule has 2 saturated heterocycles. The van der Waals surface area contributed by atoms with Crippen LogP contribution in [0.1, 0.15) is 51.4 Å². The van der Waals surface area contributed by atoms with E-state index in [4.69, 9.17) is 5.73 Å². The van der Waals surface area contributed by atoms with Crippen LogP contribution in [-0.2, 0) is 4.79 Å². The van der Waals surface area contributed by atoms with Crippen LogP contribution in [0.2, 0.25) is 0 Å². The average Bonchev–Trinajstić information content (AvgIpc) is 3.16. The molecule has 3 atom stereocenters. The molecular weight excluding hydrogens is 274 g/mol. The summed E-state index contributed by atoms with van der Waals surface area (Å²) >= 11 is 0. The molecule has 0 bridgehead atoms. The predicted molar refractivity (Wildman–Crippen MR) is 87.3 cm³/mol. The molecule has 4 aliphatic rings. The molecule has 0 aromatic rings. The van der Waals surface area contributed by atoms with Gasteiger partial charge >= 0.3 is 0 Å². The Hall–Kier alpha value is -0.610. The topological polar surface area (TPSA) is 58.4 Å². The Morgan fingerprint density at radius 1 is 1.18 bits per heavy atom. The van der Waals surface area contributed by atoms with Crippen LogP contribution in [0.5, 0.6) is 0 Å². The third kappa shape index (κ3) is 2.22. The van der Waals surface area contributed by atoms with Gasteiger partial charge in [-0.1, -0.05) is 6.42 Å². The third-order valence-electron chi connectivity index (χ3n) is 7.45. The normalized spacial score (nSPS) is 40.3. The van der Waals surface area contributed by atoms with Gasteiger partial charge in [0, 0.05) is 13.1 Å². The van der Waals surface area contributed by atoms with E-state index in [2.05, 4.69) is 10.2 Å². The number of carbonyl (C=O) groups excluding carboxylic acids is 1. The van der Waals surface area contributed by atoms with E-state index >= 15 is 0 Å². The molecule has 4 fully saturated rings. The largest absolute Gasteiger partial charge is 0.342 e. The Balaban J connectivity index is 1.40. The van der Waals surface area contributed by atoms with Crippen molar-refractivity contribution in [3.05, 3.63) is 0 Å². The summed E-state index contributed by atoms with van der Waals surface area (Å²) in [5.41, 5.74) is 6.50. The number of piperidine rings is 1. The second-order valence-electron chi connectivity index (χ2n) is 8.34. The molecule has 4 rings (SSSR count). The summed E-state index contributed by atoms with van der Waals surface area (Å²) in [7, 11) is 0. The molecule has 2 saturated carbocycles. The van der Waals surface area contributed by atoms with Crippen molar-refractivity contribution in [2.24, 2.45) is 28.4 Å². The van der Waals surface area contributed by atoms with Crippen molar-refractivity contribution in [2.45, 2.75) is 51.4 Å². The van der Waals surface area contributed by atoms with Crippen LogP contribution in [0, 0.1) is 22.7 Å². The van der Waals surface area contributed by atoms with Gasteiger partial charge in [-0.15, -0.1) is 0 Å². The lowest BCUT2D eigenvalue weighted by Crippen LogP contribution is -2.48. The Morgan fingerprint density at radius 2 is 2.00 bits per heavy atom. The number of rotatable bonds is 2. The zero-order valence-corrected chi connectivity index (χ0v) is 13.8. The summed E-state index contributed by atoms with van der Waals surface area (Å²) in [4.78, 5) is 15.3. The Kier molecular flexibility index (Phi) is 3.73. The Morgan fingerprint density at radius 3 is 2.77 bits per heavy atom. The summed E-state index contributed by atoms with van der Waals surface area (Å²) in [5.74, 6) is 1.80. The van der Waals surface area contributed by atoms with Crippen molar-refractivity contribution in [3.8, 4) is 0 Å². The molecule has 2 heterocycles. The molecule has 0 aromatic carbocycles. The number of nitrogens with zero attached hydrogens (tertiary/aromatic N) is 1. The van der Waals surface area contributed by atoms with Crippen molar-refractivity contribution in [1.82, 2.24) is 10.2 Å².